The molecule has 0 saturated heterocycles. The number of hydrogen-bond acceptors (Lipinski definition) is 3. The summed E-state index contributed by atoms with van der Waals surface area (Å²) in [5, 5.41) is 0. The van der Waals surface area contributed by atoms with Gasteiger partial charge in [0.2, 0.25) is 0 Å². The van der Waals surface area contributed by atoms with Crippen molar-refractivity contribution < 1.29 is 9.59 Å². The highest BCUT2D eigenvalue weighted by atomic mass is 16.2. The summed E-state index contributed by atoms with van der Waals surface area (Å²) >= 11 is 0. The van der Waals surface area contributed by atoms with Crippen LogP contribution >= 0.6 is 0 Å². The molecule has 0 aromatic rings. The van der Waals surface area contributed by atoms with Crippen molar-refractivity contribution in [1.82, 2.24) is 4.90 Å². The maximum Gasteiger partial charge on any atom is 0.373 e. The third kappa shape index (κ3) is 56.0. The van der Waals surface area contributed by atoms with Gasteiger partial charge in [-0.05, 0) is 20.6 Å². The average molecular weight is 117 g/mol. The Bertz CT molecular complexity index is 64.8. The summed E-state index contributed by atoms with van der Waals surface area (Å²) in [6.07, 6.45) is 0.250. The molecule has 0 saturated carbocycles. The minimum atomic E-state index is 0.250. The Morgan fingerprint density at radius 3 is 1.50 bits per heavy atom. The molecule has 0 unspecified atom stereocenters. The van der Waals surface area contributed by atoms with Gasteiger partial charge < -0.3 is 4.90 Å². The van der Waals surface area contributed by atoms with Crippen molar-refractivity contribution in [2.45, 2.75) is 6.92 Å². The molecule has 0 aliphatic rings. The molecule has 0 bridgehead atoms. The van der Waals surface area contributed by atoms with E-state index < -0.39 is 0 Å². The quantitative estimate of drug-likeness (QED) is 0.484. The van der Waals surface area contributed by atoms with E-state index in [1.165, 1.54) is 0 Å². The molecule has 8 heavy (non-hydrogen) atoms. The van der Waals surface area contributed by atoms with E-state index in [0.29, 0.717) is 0 Å². The third-order valence-corrected chi connectivity index (χ3v) is 0.632. The van der Waals surface area contributed by atoms with E-state index in [-0.39, 0.29) is 6.15 Å². The fraction of sp³-hybridized carbons (Fsp3) is 0.800. The van der Waals surface area contributed by atoms with Crippen LogP contribution in [-0.2, 0) is 9.59 Å². The van der Waals surface area contributed by atoms with Crippen LogP contribution in [0.4, 0.5) is 0 Å². The smallest absolute Gasteiger partial charge is 0.310 e. The van der Waals surface area contributed by atoms with Crippen LogP contribution < -0.4 is 0 Å². The van der Waals surface area contributed by atoms with E-state index in [1.54, 1.807) is 0 Å². The molecule has 0 aliphatic carbocycles. The molecule has 0 rings (SSSR count). The zero-order valence-electron chi connectivity index (χ0n) is 5.47. The first-order valence-electron chi connectivity index (χ1n) is 2.33. The molecule has 3 heteroatoms. The van der Waals surface area contributed by atoms with Gasteiger partial charge in [-0.1, -0.05) is 6.92 Å². The highest BCUT2D eigenvalue weighted by Crippen LogP contribution is 1.63. The Labute approximate surface area is 49.3 Å². The molecule has 0 amide bonds. The average Bonchev–Trinajstić information content (AvgIpc) is 1.69. The Morgan fingerprint density at radius 1 is 1.38 bits per heavy atom. The Balaban J connectivity index is 0. The summed E-state index contributed by atoms with van der Waals surface area (Å²) in [5.74, 6) is 0. The van der Waals surface area contributed by atoms with Crippen LogP contribution in [0.1, 0.15) is 6.92 Å². The Morgan fingerprint density at radius 2 is 1.50 bits per heavy atom. The summed E-state index contributed by atoms with van der Waals surface area (Å²) in [6.45, 7) is 3.26. The normalized spacial score (nSPS) is 7.00. The monoisotopic (exact) mass is 117 g/mol. The van der Waals surface area contributed by atoms with Crippen molar-refractivity contribution in [2.75, 3.05) is 20.6 Å². The van der Waals surface area contributed by atoms with E-state index in [4.69, 9.17) is 9.59 Å². The molecule has 0 aliphatic heterocycles. The lowest BCUT2D eigenvalue weighted by molar-refractivity contribution is -0.191. The van der Waals surface area contributed by atoms with Crippen LogP contribution in [0.5, 0.6) is 0 Å². The SMILES string of the molecule is CCN(C)C.O=C=O. The zero-order valence-corrected chi connectivity index (χ0v) is 5.47. The maximum atomic E-state index is 8.12. The van der Waals surface area contributed by atoms with Crippen molar-refractivity contribution in [1.29, 1.82) is 0 Å². The maximum absolute atomic E-state index is 8.12. The van der Waals surface area contributed by atoms with Gasteiger partial charge >= 0.3 is 6.15 Å². The number of hydrogen-bond donors (Lipinski definition) is 0. The van der Waals surface area contributed by atoms with E-state index in [1.807, 2.05) is 0 Å². The standard InChI is InChI=1S/C4H11N.CO2/c1-4-5(2)3;2-1-3/h4H2,1-3H3;. The first-order valence-corrected chi connectivity index (χ1v) is 2.33. The van der Waals surface area contributed by atoms with Gasteiger partial charge in [-0.25, -0.2) is 0 Å². The Kier molecular flexibility index (Phi) is 12.4. The second-order valence-corrected chi connectivity index (χ2v) is 1.48. The molecule has 3 nitrogen and oxygen atoms in total. The van der Waals surface area contributed by atoms with Crippen molar-refractivity contribution in [3.05, 3.63) is 0 Å². The molecular weight excluding hydrogens is 106 g/mol. The largest absolute Gasteiger partial charge is 0.373 e. The van der Waals surface area contributed by atoms with Gasteiger partial charge in [0.1, 0.15) is 0 Å². The molecule has 48 valence electrons. The first-order chi connectivity index (χ1) is 3.68. The number of nitrogens with zero attached hydrogens (tertiary/aromatic N) is 1. The van der Waals surface area contributed by atoms with Gasteiger partial charge in [-0.2, -0.15) is 9.59 Å². The van der Waals surface area contributed by atoms with E-state index >= 15 is 0 Å². The van der Waals surface area contributed by atoms with Crippen LogP contribution in [0, 0.1) is 0 Å². The summed E-state index contributed by atoms with van der Waals surface area (Å²) in [7, 11) is 4.11. The predicted molar refractivity (Wildman–Crippen MR) is 29.2 cm³/mol. The summed E-state index contributed by atoms with van der Waals surface area (Å²) in [6, 6.07) is 0. The van der Waals surface area contributed by atoms with E-state index in [0.717, 1.165) is 6.54 Å². The number of rotatable bonds is 1. The van der Waals surface area contributed by atoms with E-state index in [2.05, 4.69) is 25.9 Å². The van der Waals surface area contributed by atoms with Crippen molar-refractivity contribution >= 4 is 6.15 Å². The van der Waals surface area contributed by atoms with Crippen molar-refractivity contribution in [2.24, 2.45) is 0 Å². The molecule has 0 aromatic heterocycles. The lowest BCUT2D eigenvalue weighted by Crippen LogP contribution is -2.08. The summed E-state index contributed by atoms with van der Waals surface area (Å²) in [5.41, 5.74) is 0. The molecule has 0 spiro atoms. The molecule has 0 N–H and O–H groups in total. The minimum Gasteiger partial charge on any atom is -0.310 e. The molecule has 0 atom stereocenters. The number of carbonyl (C=O) groups excluding carboxylic acids is 2. The molecular formula is C5H11NO2. The van der Waals surface area contributed by atoms with Crippen LogP contribution in [-0.4, -0.2) is 31.7 Å². The zero-order chi connectivity index (χ0) is 6.99. The molecule has 0 fully saturated rings. The second-order valence-electron chi connectivity index (χ2n) is 1.48. The van der Waals surface area contributed by atoms with Gasteiger partial charge in [0.05, 0.1) is 0 Å². The third-order valence-electron chi connectivity index (χ3n) is 0.632. The lowest BCUT2D eigenvalue weighted by atomic mass is 10.7. The van der Waals surface area contributed by atoms with Crippen LogP contribution in [0.25, 0.3) is 0 Å². The minimum absolute atomic E-state index is 0.250. The van der Waals surface area contributed by atoms with Gasteiger partial charge in [-0.15, -0.1) is 0 Å². The summed E-state index contributed by atoms with van der Waals surface area (Å²) < 4.78 is 0. The van der Waals surface area contributed by atoms with Crippen molar-refractivity contribution in [3.8, 4) is 0 Å². The predicted octanol–water partition coefficient (Wildman–Crippen LogP) is -0.0156. The van der Waals surface area contributed by atoms with Crippen LogP contribution in [0.15, 0.2) is 0 Å². The van der Waals surface area contributed by atoms with Crippen LogP contribution in [0.2, 0.25) is 0 Å². The second kappa shape index (κ2) is 9.60. The highest BCUT2D eigenvalue weighted by Gasteiger charge is 1.72. The molecule has 0 heterocycles. The molecule has 0 aromatic carbocycles. The topological polar surface area (TPSA) is 37.4 Å². The van der Waals surface area contributed by atoms with Crippen molar-refractivity contribution in [3.63, 3.8) is 0 Å². The van der Waals surface area contributed by atoms with E-state index in [9.17, 15) is 0 Å². The first kappa shape index (κ1) is 10.3. The van der Waals surface area contributed by atoms with Gasteiger partial charge in [-0.3, -0.25) is 0 Å². The van der Waals surface area contributed by atoms with Crippen LogP contribution in [0.3, 0.4) is 0 Å². The fourth-order valence-corrected chi connectivity index (χ4v) is 0. The fourth-order valence-electron chi connectivity index (χ4n) is 0. The molecule has 0 radical (unpaired) electrons. The highest BCUT2D eigenvalue weighted by molar-refractivity contribution is 5.20. The summed E-state index contributed by atoms with van der Waals surface area (Å²) in [4.78, 5) is 18.4. The Hall–Kier alpha value is -0.660. The van der Waals surface area contributed by atoms with Gasteiger partial charge in [0.15, 0.2) is 0 Å². The van der Waals surface area contributed by atoms with Gasteiger partial charge in [0, 0.05) is 0 Å². The van der Waals surface area contributed by atoms with Gasteiger partial charge in [0.25, 0.3) is 0 Å². The lowest BCUT2D eigenvalue weighted by Gasteiger charge is -2.00.